The summed E-state index contributed by atoms with van der Waals surface area (Å²) in [5.41, 5.74) is 2.32. The highest BCUT2D eigenvalue weighted by Crippen LogP contribution is 2.15. The fraction of sp³-hybridized carbons (Fsp3) is 0.160. The van der Waals surface area contributed by atoms with Gasteiger partial charge in [-0.15, -0.1) is 0 Å². The number of rotatable bonds is 10. The van der Waals surface area contributed by atoms with E-state index in [0.29, 0.717) is 35.4 Å². The van der Waals surface area contributed by atoms with Crippen LogP contribution in [0.5, 0.6) is 0 Å². The van der Waals surface area contributed by atoms with Crippen molar-refractivity contribution in [2.24, 2.45) is 0 Å². The Morgan fingerprint density at radius 1 is 0.970 bits per heavy atom. The van der Waals surface area contributed by atoms with Gasteiger partial charge >= 0.3 is 11.9 Å². The number of carbonyl (C=O) groups is 2. The van der Waals surface area contributed by atoms with E-state index in [0.717, 1.165) is 0 Å². The number of pyridine rings is 1. The maximum absolute atomic E-state index is 10.6. The number of carboxylic acid groups (broad SMARTS) is 2. The van der Waals surface area contributed by atoms with Gasteiger partial charge in [0.25, 0.3) is 0 Å². The zero-order valence-corrected chi connectivity index (χ0v) is 17.8. The normalized spacial score (nSPS) is 13.3. The lowest BCUT2D eigenvalue weighted by Crippen LogP contribution is -2.33. The van der Waals surface area contributed by atoms with Crippen LogP contribution >= 0.6 is 0 Å². The molecule has 0 fully saturated rings. The van der Waals surface area contributed by atoms with Crippen molar-refractivity contribution in [3.05, 3.63) is 96.2 Å². The van der Waals surface area contributed by atoms with E-state index in [1.165, 1.54) is 0 Å². The van der Waals surface area contributed by atoms with Crippen molar-refractivity contribution in [3.63, 3.8) is 0 Å². The third-order valence-corrected chi connectivity index (χ3v) is 4.56. The van der Waals surface area contributed by atoms with E-state index in [1.54, 1.807) is 88.9 Å². The van der Waals surface area contributed by atoms with Gasteiger partial charge < -0.3 is 15.1 Å². The Labute approximate surface area is 191 Å². The first-order valence-corrected chi connectivity index (χ1v) is 10.1. The van der Waals surface area contributed by atoms with Gasteiger partial charge in [-0.25, -0.2) is 4.57 Å². The first kappa shape index (κ1) is 24.6. The summed E-state index contributed by atoms with van der Waals surface area (Å²) in [6, 6.07) is 7.77. The first-order valence-electron chi connectivity index (χ1n) is 10.1. The van der Waals surface area contributed by atoms with Crippen molar-refractivity contribution in [1.29, 1.82) is 10.5 Å². The highest BCUT2D eigenvalue weighted by atomic mass is 16.4. The average molecular weight is 443 g/mol. The number of allylic oxidation sites excluding steroid dienone is 10. The lowest BCUT2D eigenvalue weighted by atomic mass is 10.1. The Hall–Kier alpha value is -4.69. The topological polar surface area (TPSA) is 129 Å². The molecule has 0 saturated heterocycles. The highest BCUT2D eigenvalue weighted by Gasteiger charge is 2.07. The van der Waals surface area contributed by atoms with E-state index in [4.69, 9.17) is 10.2 Å². The number of aliphatic carboxylic acids is 2. The van der Waals surface area contributed by atoms with Gasteiger partial charge in [-0.1, -0.05) is 18.2 Å². The Kier molecular flexibility index (Phi) is 9.59. The van der Waals surface area contributed by atoms with Crippen molar-refractivity contribution in [2.45, 2.75) is 19.4 Å². The number of aryl methyl sites for hydroxylation is 1. The summed E-state index contributed by atoms with van der Waals surface area (Å²) in [6.07, 6.45) is 18.9. The summed E-state index contributed by atoms with van der Waals surface area (Å²) in [5.74, 6) is -1.74. The zero-order valence-electron chi connectivity index (χ0n) is 17.8. The minimum absolute atomic E-state index is 0.0233. The second kappa shape index (κ2) is 12.9. The van der Waals surface area contributed by atoms with E-state index in [9.17, 15) is 20.1 Å². The van der Waals surface area contributed by atoms with Crippen LogP contribution in [0.2, 0.25) is 0 Å². The largest absolute Gasteiger partial charge is 0.481 e. The number of aromatic nitrogens is 1. The van der Waals surface area contributed by atoms with Gasteiger partial charge in [-0.2, -0.15) is 10.5 Å². The Morgan fingerprint density at radius 2 is 1.64 bits per heavy atom. The maximum Gasteiger partial charge on any atom is 0.309 e. The molecular formula is C25H23N4O4+. The molecule has 1 aliphatic heterocycles. The molecule has 8 nitrogen and oxygen atoms in total. The lowest BCUT2D eigenvalue weighted by molar-refractivity contribution is -0.696. The van der Waals surface area contributed by atoms with E-state index < -0.39 is 11.9 Å². The fourth-order valence-corrected chi connectivity index (χ4v) is 2.79. The molecule has 0 radical (unpaired) electrons. The molecule has 0 spiro atoms. The first-order chi connectivity index (χ1) is 15.9. The van der Waals surface area contributed by atoms with Crippen LogP contribution in [0.1, 0.15) is 18.4 Å². The molecule has 2 heterocycles. The minimum Gasteiger partial charge on any atom is -0.481 e. The van der Waals surface area contributed by atoms with Gasteiger partial charge in [0.05, 0.1) is 29.7 Å². The summed E-state index contributed by atoms with van der Waals surface area (Å²) in [7, 11) is 0. The smallest absolute Gasteiger partial charge is 0.309 e. The van der Waals surface area contributed by atoms with Gasteiger partial charge in [0.1, 0.15) is 6.42 Å². The molecule has 0 bridgehead atoms. The molecule has 1 aromatic heterocycles. The van der Waals surface area contributed by atoms with Crippen LogP contribution in [0.3, 0.4) is 0 Å². The summed E-state index contributed by atoms with van der Waals surface area (Å²) in [5, 5.41) is 36.3. The van der Waals surface area contributed by atoms with Crippen molar-refractivity contribution in [1.82, 2.24) is 4.90 Å². The number of nitrogens with zero attached hydrogens (tertiary/aromatic N) is 4. The summed E-state index contributed by atoms with van der Waals surface area (Å²) < 4.78 is 1.74. The van der Waals surface area contributed by atoms with Crippen molar-refractivity contribution < 1.29 is 24.4 Å². The standard InChI is InChI=1S/C25H22N4O4/c26-18-22(20-6-12-28(13-7-20)16-10-24(30)31)4-2-1-3-5-23(19-27)21-8-14-29(15-9-21)17-11-25(32)33/h1-9,12-15H,10-11,16-17H2,(H-,30,31,32,33)/p+1. The zero-order chi connectivity index (χ0) is 24.1. The third-order valence-electron chi connectivity index (χ3n) is 4.56. The number of hydrogen-bond donors (Lipinski definition) is 2. The van der Waals surface area contributed by atoms with Crippen LogP contribution < -0.4 is 4.57 Å². The molecule has 0 amide bonds. The maximum atomic E-state index is 10.6. The van der Waals surface area contributed by atoms with Gasteiger partial charge in [0.2, 0.25) is 0 Å². The molecule has 0 saturated carbocycles. The van der Waals surface area contributed by atoms with Gasteiger partial charge in [0, 0.05) is 36.6 Å². The van der Waals surface area contributed by atoms with Crippen LogP contribution in [0, 0.1) is 22.7 Å². The molecule has 0 aliphatic carbocycles. The Bertz CT molecular complexity index is 1120. The van der Waals surface area contributed by atoms with E-state index in [1.807, 2.05) is 0 Å². The fourth-order valence-electron chi connectivity index (χ4n) is 2.79. The summed E-state index contributed by atoms with van der Waals surface area (Å²) in [4.78, 5) is 23.0. The highest BCUT2D eigenvalue weighted by molar-refractivity contribution is 5.77. The summed E-state index contributed by atoms with van der Waals surface area (Å²) in [6.45, 7) is 0.709. The molecule has 2 rings (SSSR count). The molecule has 33 heavy (non-hydrogen) atoms. The third kappa shape index (κ3) is 8.52. The average Bonchev–Trinajstić information content (AvgIpc) is 2.82. The van der Waals surface area contributed by atoms with Crippen LogP contribution in [0.4, 0.5) is 0 Å². The molecule has 1 aliphatic rings. The molecule has 0 aromatic carbocycles. The SMILES string of the molecule is N#CC(=CC=CC=CC(C#N)=C1C=CN(CCC(=O)O)C=C1)c1cc[n+](CCC(=O)O)cc1. The van der Waals surface area contributed by atoms with Crippen LogP contribution in [-0.2, 0) is 16.1 Å². The lowest BCUT2D eigenvalue weighted by Gasteiger charge is -2.17. The monoisotopic (exact) mass is 443 g/mol. The van der Waals surface area contributed by atoms with Gasteiger partial charge in [-0.05, 0) is 29.9 Å². The number of hydrogen-bond acceptors (Lipinski definition) is 5. The van der Waals surface area contributed by atoms with Gasteiger partial charge in [0.15, 0.2) is 18.9 Å². The Morgan fingerprint density at radius 3 is 2.21 bits per heavy atom. The second-order valence-corrected chi connectivity index (χ2v) is 6.90. The van der Waals surface area contributed by atoms with E-state index >= 15 is 0 Å². The minimum atomic E-state index is -0.870. The molecule has 2 N–H and O–H groups in total. The van der Waals surface area contributed by atoms with Crippen LogP contribution in [0.25, 0.3) is 5.57 Å². The van der Waals surface area contributed by atoms with E-state index in [2.05, 4.69) is 12.1 Å². The number of carboxylic acids is 2. The number of nitriles is 2. The Balaban J connectivity index is 2.01. The van der Waals surface area contributed by atoms with Crippen molar-refractivity contribution in [2.75, 3.05) is 6.54 Å². The molecular weight excluding hydrogens is 420 g/mol. The van der Waals surface area contributed by atoms with Gasteiger partial charge in [-0.3, -0.25) is 9.59 Å². The van der Waals surface area contributed by atoms with Crippen molar-refractivity contribution >= 4 is 17.5 Å². The predicted molar refractivity (Wildman–Crippen MR) is 121 cm³/mol. The quantitative estimate of drug-likeness (QED) is 0.323. The molecule has 1 aromatic rings. The van der Waals surface area contributed by atoms with E-state index in [-0.39, 0.29) is 12.8 Å². The van der Waals surface area contributed by atoms with Crippen LogP contribution in [-0.4, -0.2) is 33.6 Å². The summed E-state index contributed by atoms with van der Waals surface area (Å²) >= 11 is 0. The van der Waals surface area contributed by atoms with Crippen molar-refractivity contribution in [3.8, 4) is 12.1 Å². The molecule has 8 heteroatoms. The predicted octanol–water partition coefficient (Wildman–Crippen LogP) is 3.11. The molecule has 0 unspecified atom stereocenters. The van der Waals surface area contributed by atoms with Crippen LogP contribution in [0.15, 0.2) is 90.6 Å². The molecule has 0 atom stereocenters. The molecule has 166 valence electrons. The second-order valence-electron chi connectivity index (χ2n) is 6.90.